The lowest BCUT2D eigenvalue weighted by Crippen LogP contribution is -2.48. The molecule has 1 amide bonds. The van der Waals surface area contributed by atoms with Gasteiger partial charge in [0.05, 0.1) is 12.2 Å². The van der Waals surface area contributed by atoms with Gasteiger partial charge in [0.2, 0.25) is 5.91 Å². The predicted molar refractivity (Wildman–Crippen MR) is 99.3 cm³/mol. The number of para-hydroxylation sites is 1. The molecule has 1 fully saturated rings. The van der Waals surface area contributed by atoms with Crippen molar-refractivity contribution in [3.8, 4) is 0 Å². The molecule has 1 aliphatic rings. The van der Waals surface area contributed by atoms with Gasteiger partial charge in [-0.2, -0.15) is 0 Å². The first-order valence-electron chi connectivity index (χ1n) is 8.41. The molecule has 0 unspecified atom stereocenters. The highest BCUT2D eigenvalue weighted by Crippen LogP contribution is 2.20. The number of nitrogen functional groups attached to an aromatic ring is 1. The maximum Gasteiger partial charge on any atom is 0.238 e. The normalized spacial score (nSPS) is 15.2. The molecule has 2 aromatic carbocycles. The number of hydrogen-bond donors (Lipinski definition) is 2. The van der Waals surface area contributed by atoms with Gasteiger partial charge in [0, 0.05) is 37.6 Å². The minimum atomic E-state index is -0.203. The number of nitrogens with zero attached hydrogens (tertiary/aromatic N) is 2. The van der Waals surface area contributed by atoms with Crippen LogP contribution in [0.25, 0.3) is 0 Å². The maximum absolute atomic E-state index is 13.9. The lowest BCUT2D eigenvalue weighted by Gasteiger charge is -2.35. The number of benzene rings is 2. The molecule has 6 heteroatoms. The van der Waals surface area contributed by atoms with E-state index in [1.165, 1.54) is 6.07 Å². The number of hydrogen-bond acceptors (Lipinski definition) is 4. The lowest BCUT2D eigenvalue weighted by molar-refractivity contribution is -0.117. The smallest absolute Gasteiger partial charge is 0.238 e. The van der Waals surface area contributed by atoms with Gasteiger partial charge in [-0.3, -0.25) is 9.69 Å². The number of nitrogens with two attached hydrogens (primary N) is 1. The van der Waals surface area contributed by atoms with Crippen molar-refractivity contribution >= 4 is 23.0 Å². The molecule has 0 saturated carbocycles. The lowest BCUT2D eigenvalue weighted by atomic mass is 10.2. The average Bonchev–Trinajstić information content (AvgIpc) is 2.59. The number of carbonyl (C=O) groups is 1. The highest BCUT2D eigenvalue weighted by atomic mass is 19.1. The van der Waals surface area contributed by atoms with Gasteiger partial charge in [-0.15, -0.1) is 0 Å². The Labute approximate surface area is 147 Å². The molecular weight excluding hydrogens is 319 g/mol. The van der Waals surface area contributed by atoms with E-state index in [9.17, 15) is 9.18 Å². The number of amides is 1. The van der Waals surface area contributed by atoms with Crippen LogP contribution in [0.2, 0.25) is 0 Å². The van der Waals surface area contributed by atoms with Crippen molar-refractivity contribution in [1.82, 2.24) is 4.90 Å². The van der Waals surface area contributed by atoms with Gasteiger partial charge in [-0.1, -0.05) is 18.2 Å². The molecule has 0 bridgehead atoms. The molecule has 3 N–H and O–H groups in total. The predicted octanol–water partition coefficient (Wildman–Crippen LogP) is 2.48. The molecule has 132 valence electrons. The van der Waals surface area contributed by atoms with Crippen molar-refractivity contribution in [2.24, 2.45) is 0 Å². The molecular formula is C19H23FN4O. The van der Waals surface area contributed by atoms with Crippen molar-refractivity contribution in [2.45, 2.75) is 6.92 Å². The van der Waals surface area contributed by atoms with Crippen LogP contribution in [0, 0.1) is 12.7 Å². The van der Waals surface area contributed by atoms with Crippen molar-refractivity contribution in [2.75, 3.05) is 48.7 Å². The Morgan fingerprint density at radius 1 is 1.16 bits per heavy atom. The second kappa shape index (κ2) is 7.53. The number of rotatable bonds is 4. The summed E-state index contributed by atoms with van der Waals surface area (Å²) in [6, 6.07) is 12.3. The van der Waals surface area contributed by atoms with E-state index in [4.69, 9.17) is 5.73 Å². The highest BCUT2D eigenvalue weighted by Gasteiger charge is 2.20. The molecule has 3 rings (SSSR count). The topological polar surface area (TPSA) is 61.6 Å². The zero-order chi connectivity index (χ0) is 17.8. The molecule has 1 heterocycles. The second-order valence-corrected chi connectivity index (χ2v) is 6.33. The van der Waals surface area contributed by atoms with Crippen LogP contribution in [0.1, 0.15) is 5.56 Å². The van der Waals surface area contributed by atoms with Crippen LogP contribution in [0.5, 0.6) is 0 Å². The summed E-state index contributed by atoms with van der Waals surface area (Å²) < 4.78 is 13.9. The van der Waals surface area contributed by atoms with E-state index in [-0.39, 0.29) is 11.7 Å². The largest absolute Gasteiger partial charge is 0.398 e. The summed E-state index contributed by atoms with van der Waals surface area (Å²) in [7, 11) is 0. The van der Waals surface area contributed by atoms with E-state index in [1.54, 1.807) is 18.2 Å². The minimum Gasteiger partial charge on any atom is -0.398 e. The van der Waals surface area contributed by atoms with Crippen molar-refractivity contribution in [3.05, 3.63) is 53.8 Å². The van der Waals surface area contributed by atoms with Crippen molar-refractivity contribution < 1.29 is 9.18 Å². The van der Waals surface area contributed by atoms with E-state index < -0.39 is 0 Å². The summed E-state index contributed by atoms with van der Waals surface area (Å²) in [6.45, 7) is 5.09. The first kappa shape index (κ1) is 17.2. The molecule has 1 aliphatic heterocycles. The van der Waals surface area contributed by atoms with Crippen LogP contribution in [0.15, 0.2) is 42.5 Å². The van der Waals surface area contributed by atoms with Gasteiger partial charge in [-0.25, -0.2) is 4.39 Å². The summed E-state index contributed by atoms with van der Waals surface area (Å²) in [5.41, 5.74) is 8.85. The standard InChI is InChI=1S/C19H23FN4O/c1-14-6-7-15(12-17(14)21)22-19(25)13-23-8-10-24(11-9-23)18-5-3-2-4-16(18)20/h2-7,12H,8-11,13,21H2,1H3,(H,22,25). The fourth-order valence-electron chi connectivity index (χ4n) is 2.98. The summed E-state index contributed by atoms with van der Waals surface area (Å²) >= 11 is 0. The zero-order valence-corrected chi connectivity index (χ0v) is 14.3. The van der Waals surface area contributed by atoms with E-state index in [0.29, 0.717) is 36.7 Å². The zero-order valence-electron chi connectivity index (χ0n) is 14.3. The molecule has 2 aromatic rings. The van der Waals surface area contributed by atoms with E-state index >= 15 is 0 Å². The van der Waals surface area contributed by atoms with E-state index in [2.05, 4.69) is 10.2 Å². The quantitative estimate of drug-likeness (QED) is 0.838. The third kappa shape index (κ3) is 4.28. The Bertz CT molecular complexity index is 757. The van der Waals surface area contributed by atoms with Gasteiger partial charge in [0.1, 0.15) is 5.82 Å². The molecule has 5 nitrogen and oxygen atoms in total. The molecule has 0 atom stereocenters. The Morgan fingerprint density at radius 3 is 2.56 bits per heavy atom. The molecule has 0 aliphatic carbocycles. The van der Waals surface area contributed by atoms with Crippen LogP contribution in [-0.4, -0.2) is 43.5 Å². The summed E-state index contributed by atoms with van der Waals surface area (Å²) in [5.74, 6) is -0.270. The van der Waals surface area contributed by atoms with E-state index in [0.717, 1.165) is 18.7 Å². The van der Waals surface area contributed by atoms with E-state index in [1.807, 2.05) is 30.0 Å². The number of nitrogens with one attached hydrogen (secondary N) is 1. The molecule has 0 spiro atoms. The average molecular weight is 342 g/mol. The summed E-state index contributed by atoms with van der Waals surface area (Å²) in [6.07, 6.45) is 0. The van der Waals surface area contributed by atoms with Crippen LogP contribution in [0.3, 0.4) is 0 Å². The number of anilines is 3. The number of carbonyl (C=O) groups excluding carboxylic acids is 1. The second-order valence-electron chi connectivity index (χ2n) is 6.33. The number of halogens is 1. The molecule has 0 aromatic heterocycles. The van der Waals surface area contributed by atoms with Crippen molar-refractivity contribution in [1.29, 1.82) is 0 Å². The van der Waals surface area contributed by atoms with Gasteiger partial charge in [0.15, 0.2) is 0 Å². The molecule has 25 heavy (non-hydrogen) atoms. The third-order valence-corrected chi connectivity index (χ3v) is 4.50. The monoisotopic (exact) mass is 342 g/mol. The van der Waals surface area contributed by atoms with Crippen molar-refractivity contribution in [3.63, 3.8) is 0 Å². The van der Waals surface area contributed by atoms with Gasteiger partial charge >= 0.3 is 0 Å². The fraction of sp³-hybridized carbons (Fsp3) is 0.316. The first-order chi connectivity index (χ1) is 12.0. The van der Waals surface area contributed by atoms with Gasteiger partial charge in [-0.05, 0) is 36.8 Å². The number of piperazine rings is 1. The Morgan fingerprint density at radius 2 is 1.88 bits per heavy atom. The van der Waals surface area contributed by atoms with Gasteiger partial charge < -0.3 is 16.0 Å². The molecule has 1 saturated heterocycles. The van der Waals surface area contributed by atoms with Crippen LogP contribution >= 0.6 is 0 Å². The SMILES string of the molecule is Cc1ccc(NC(=O)CN2CCN(c3ccccc3F)CC2)cc1N. The number of aryl methyl sites for hydroxylation is 1. The highest BCUT2D eigenvalue weighted by molar-refractivity contribution is 5.92. The minimum absolute atomic E-state index is 0.0670. The summed E-state index contributed by atoms with van der Waals surface area (Å²) in [4.78, 5) is 16.3. The first-order valence-corrected chi connectivity index (χ1v) is 8.41. The Balaban J connectivity index is 1.51. The van der Waals surface area contributed by atoms with Gasteiger partial charge in [0.25, 0.3) is 0 Å². The van der Waals surface area contributed by atoms with Crippen LogP contribution in [0.4, 0.5) is 21.5 Å². The Hall–Kier alpha value is -2.60. The molecule has 0 radical (unpaired) electrons. The maximum atomic E-state index is 13.9. The van der Waals surface area contributed by atoms with Crippen LogP contribution in [-0.2, 0) is 4.79 Å². The fourth-order valence-corrected chi connectivity index (χ4v) is 2.98. The van der Waals surface area contributed by atoms with Crippen LogP contribution < -0.4 is 16.0 Å². The summed E-state index contributed by atoms with van der Waals surface area (Å²) in [5, 5.41) is 2.88. The third-order valence-electron chi connectivity index (χ3n) is 4.50. The Kier molecular flexibility index (Phi) is 5.19.